The third-order valence-corrected chi connectivity index (χ3v) is 3.41. The Morgan fingerprint density at radius 3 is 2.76 bits per heavy atom. The molecule has 1 unspecified atom stereocenters. The molecule has 1 aromatic rings. The fourth-order valence-corrected chi connectivity index (χ4v) is 2.53. The van der Waals surface area contributed by atoms with Gasteiger partial charge >= 0.3 is 0 Å². The molecule has 1 heterocycles. The van der Waals surface area contributed by atoms with Crippen LogP contribution in [0.3, 0.4) is 0 Å². The maximum absolute atomic E-state index is 13.8. The molecule has 94 valence electrons. The van der Waals surface area contributed by atoms with Crippen molar-refractivity contribution in [2.24, 2.45) is 0 Å². The number of benzene rings is 1. The van der Waals surface area contributed by atoms with Gasteiger partial charge in [-0.1, -0.05) is 18.2 Å². The van der Waals surface area contributed by atoms with Gasteiger partial charge in [-0.15, -0.1) is 0 Å². The number of nitrogens with one attached hydrogen (secondary N) is 2. The van der Waals surface area contributed by atoms with Gasteiger partial charge in [0, 0.05) is 23.7 Å². The van der Waals surface area contributed by atoms with Crippen LogP contribution in [0.25, 0.3) is 0 Å². The summed E-state index contributed by atoms with van der Waals surface area (Å²) in [5, 5.41) is 6.92. The Morgan fingerprint density at radius 1 is 1.35 bits per heavy atom. The van der Waals surface area contributed by atoms with Gasteiger partial charge < -0.3 is 10.6 Å². The van der Waals surface area contributed by atoms with Crippen LogP contribution in [0.1, 0.15) is 32.3 Å². The monoisotopic (exact) mass is 236 g/mol. The lowest BCUT2D eigenvalue weighted by Crippen LogP contribution is -2.50. The minimum absolute atomic E-state index is 0.131. The number of halogens is 1. The largest absolute Gasteiger partial charge is 0.315 e. The van der Waals surface area contributed by atoms with Crippen molar-refractivity contribution in [3.8, 4) is 0 Å². The molecule has 0 saturated carbocycles. The highest BCUT2D eigenvalue weighted by molar-refractivity contribution is 5.24. The molecule has 0 aliphatic carbocycles. The maximum atomic E-state index is 13.8. The van der Waals surface area contributed by atoms with Crippen LogP contribution >= 0.6 is 0 Å². The number of piperidine rings is 1. The van der Waals surface area contributed by atoms with E-state index in [1.807, 2.05) is 26.0 Å². The molecule has 1 aliphatic heterocycles. The molecule has 1 aromatic carbocycles. The van der Waals surface area contributed by atoms with Crippen molar-refractivity contribution in [1.29, 1.82) is 0 Å². The van der Waals surface area contributed by atoms with E-state index >= 15 is 0 Å². The van der Waals surface area contributed by atoms with Crippen LogP contribution in [0.5, 0.6) is 0 Å². The molecule has 0 spiro atoms. The Morgan fingerprint density at radius 2 is 2.12 bits per heavy atom. The average Bonchev–Trinajstić information content (AvgIpc) is 2.30. The van der Waals surface area contributed by atoms with E-state index in [1.54, 1.807) is 6.07 Å². The second-order valence-corrected chi connectivity index (χ2v) is 5.29. The number of hydrogen-bond donors (Lipinski definition) is 2. The molecular formula is C14H21FN2. The van der Waals surface area contributed by atoms with Gasteiger partial charge in [-0.25, -0.2) is 4.39 Å². The summed E-state index contributed by atoms with van der Waals surface area (Å²) in [6.45, 7) is 6.15. The van der Waals surface area contributed by atoms with Crippen LogP contribution in [0, 0.1) is 5.82 Å². The van der Waals surface area contributed by atoms with Crippen LogP contribution in [0.2, 0.25) is 0 Å². The number of hydrogen-bond acceptors (Lipinski definition) is 2. The first kappa shape index (κ1) is 12.5. The molecule has 1 atom stereocenters. The van der Waals surface area contributed by atoms with Gasteiger partial charge in [-0.3, -0.25) is 0 Å². The van der Waals surface area contributed by atoms with Crippen LogP contribution < -0.4 is 10.6 Å². The van der Waals surface area contributed by atoms with E-state index in [9.17, 15) is 4.39 Å². The summed E-state index contributed by atoms with van der Waals surface area (Å²) in [5.74, 6) is -0.131. The Bertz CT molecular complexity index is 370. The highest BCUT2D eigenvalue weighted by Gasteiger charge is 2.27. The van der Waals surface area contributed by atoms with Gasteiger partial charge in [0.2, 0.25) is 0 Å². The van der Waals surface area contributed by atoms with Gasteiger partial charge in [0.05, 0.1) is 0 Å². The highest BCUT2D eigenvalue weighted by Crippen LogP contribution is 2.24. The van der Waals surface area contributed by atoms with E-state index in [-0.39, 0.29) is 11.4 Å². The van der Waals surface area contributed by atoms with Crippen molar-refractivity contribution < 1.29 is 4.39 Å². The van der Waals surface area contributed by atoms with Gasteiger partial charge in [0.15, 0.2) is 0 Å². The van der Waals surface area contributed by atoms with Crippen LogP contribution in [-0.2, 0) is 5.54 Å². The first-order valence-electron chi connectivity index (χ1n) is 6.33. The molecule has 2 rings (SSSR count). The molecule has 0 bridgehead atoms. The number of rotatable bonds is 3. The fraction of sp³-hybridized carbons (Fsp3) is 0.571. The fourth-order valence-electron chi connectivity index (χ4n) is 2.53. The van der Waals surface area contributed by atoms with Crippen molar-refractivity contribution in [1.82, 2.24) is 10.6 Å². The third kappa shape index (κ3) is 3.05. The molecule has 2 nitrogen and oxygen atoms in total. The lowest BCUT2D eigenvalue weighted by Gasteiger charge is -2.34. The first-order valence-corrected chi connectivity index (χ1v) is 6.33. The van der Waals surface area contributed by atoms with E-state index < -0.39 is 0 Å². The van der Waals surface area contributed by atoms with Gasteiger partial charge in [0.25, 0.3) is 0 Å². The predicted molar refractivity (Wildman–Crippen MR) is 68.5 cm³/mol. The summed E-state index contributed by atoms with van der Waals surface area (Å²) in [4.78, 5) is 0. The Balaban J connectivity index is 2.10. The molecule has 1 saturated heterocycles. The smallest absolute Gasteiger partial charge is 0.128 e. The standard InChI is InChI=1S/C14H21FN2/c1-14(2,12-7-3-4-8-13(12)15)17-11-6-5-9-16-10-11/h3-4,7-8,11,16-17H,5-6,9-10H2,1-2H3. The molecule has 0 radical (unpaired) electrons. The molecule has 0 amide bonds. The molecule has 1 fully saturated rings. The minimum Gasteiger partial charge on any atom is -0.315 e. The average molecular weight is 236 g/mol. The molecule has 17 heavy (non-hydrogen) atoms. The molecule has 3 heteroatoms. The van der Waals surface area contributed by atoms with Crippen LogP contribution in [-0.4, -0.2) is 19.1 Å². The van der Waals surface area contributed by atoms with E-state index in [2.05, 4.69) is 10.6 Å². The zero-order valence-electron chi connectivity index (χ0n) is 10.6. The lowest BCUT2D eigenvalue weighted by atomic mass is 9.91. The topological polar surface area (TPSA) is 24.1 Å². The van der Waals surface area contributed by atoms with Crippen molar-refractivity contribution >= 4 is 0 Å². The van der Waals surface area contributed by atoms with Gasteiger partial charge in [-0.2, -0.15) is 0 Å². The highest BCUT2D eigenvalue weighted by atomic mass is 19.1. The summed E-state index contributed by atoms with van der Waals surface area (Å²) < 4.78 is 13.8. The molecule has 0 aromatic heterocycles. The quantitative estimate of drug-likeness (QED) is 0.842. The van der Waals surface area contributed by atoms with Crippen molar-refractivity contribution in [2.75, 3.05) is 13.1 Å². The minimum atomic E-state index is -0.324. The normalized spacial score (nSPS) is 21.5. The summed E-state index contributed by atoms with van der Waals surface area (Å²) in [6.07, 6.45) is 2.34. The van der Waals surface area contributed by atoms with E-state index in [1.165, 1.54) is 12.5 Å². The summed E-state index contributed by atoms with van der Waals surface area (Å²) in [6, 6.07) is 7.44. The second kappa shape index (κ2) is 5.15. The summed E-state index contributed by atoms with van der Waals surface area (Å²) >= 11 is 0. The summed E-state index contributed by atoms with van der Waals surface area (Å²) in [5.41, 5.74) is 0.417. The van der Waals surface area contributed by atoms with Crippen molar-refractivity contribution in [3.05, 3.63) is 35.6 Å². The van der Waals surface area contributed by atoms with E-state index in [4.69, 9.17) is 0 Å². The van der Waals surface area contributed by atoms with Crippen LogP contribution in [0.15, 0.2) is 24.3 Å². The molecule has 1 aliphatic rings. The summed E-state index contributed by atoms with van der Waals surface area (Å²) in [7, 11) is 0. The maximum Gasteiger partial charge on any atom is 0.128 e. The van der Waals surface area contributed by atoms with Crippen molar-refractivity contribution in [2.45, 2.75) is 38.3 Å². The Labute approximate surface area is 103 Å². The van der Waals surface area contributed by atoms with E-state index in [0.717, 1.165) is 25.1 Å². The van der Waals surface area contributed by atoms with E-state index in [0.29, 0.717) is 6.04 Å². The zero-order valence-corrected chi connectivity index (χ0v) is 10.6. The van der Waals surface area contributed by atoms with Crippen molar-refractivity contribution in [3.63, 3.8) is 0 Å². The molecular weight excluding hydrogens is 215 g/mol. The second-order valence-electron chi connectivity index (χ2n) is 5.29. The lowest BCUT2D eigenvalue weighted by molar-refractivity contribution is 0.287. The molecule has 2 N–H and O–H groups in total. The van der Waals surface area contributed by atoms with Gasteiger partial charge in [0.1, 0.15) is 5.82 Å². The third-order valence-electron chi connectivity index (χ3n) is 3.41. The zero-order chi connectivity index (χ0) is 12.3. The Kier molecular flexibility index (Phi) is 3.79. The van der Waals surface area contributed by atoms with Crippen LogP contribution in [0.4, 0.5) is 4.39 Å². The first-order chi connectivity index (χ1) is 8.09. The van der Waals surface area contributed by atoms with Gasteiger partial charge in [-0.05, 0) is 39.3 Å². The SMILES string of the molecule is CC(C)(NC1CCCNC1)c1ccccc1F. The Hall–Kier alpha value is -0.930. The predicted octanol–water partition coefficient (Wildman–Crippen LogP) is 2.40.